The molecule has 2 aliphatic carbocycles. The Hall–Kier alpha value is -2.96. The number of nitrogens with zero attached hydrogens (tertiary/aromatic N) is 5. The molecule has 0 saturated heterocycles. The number of halogens is 1. The van der Waals surface area contributed by atoms with Crippen LogP contribution in [0.4, 0.5) is 16.0 Å². The van der Waals surface area contributed by atoms with E-state index in [-0.39, 0.29) is 28.2 Å². The van der Waals surface area contributed by atoms with Crippen LogP contribution in [-0.2, 0) is 26.9 Å². The Morgan fingerprint density at radius 2 is 2.00 bits per heavy atom. The van der Waals surface area contributed by atoms with Crippen molar-refractivity contribution in [3.8, 4) is 0 Å². The maximum absolute atomic E-state index is 14.2. The average Bonchev–Trinajstić information content (AvgIpc) is 3.30. The van der Waals surface area contributed by atoms with E-state index in [1.807, 2.05) is 0 Å². The van der Waals surface area contributed by atoms with Gasteiger partial charge >= 0.3 is 0 Å². The molecule has 33 heavy (non-hydrogen) atoms. The van der Waals surface area contributed by atoms with Crippen LogP contribution in [0.15, 0.2) is 41.8 Å². The number of ether oxygens (including phenoxy) is 1. The summed E-state index contributed by atoms with van der Waals surface area (Å²) < 4.78 is 45.0. The van der Waals surface area contributed by atoms with Crippen molar-refractivity contribution in [2.24, 2.45) is 5.14 Å². The van der Waals surface area contributed by atoms with Gasteiger partial charge in [-0.2, -0.15) is 0 Å². The molecule has 2 aromatic heterocycles. The van der Waals surface area contributed by atoms with E-state index in [1.165, 1.54) is 12.1 Å². The maximum atomic E-state index is 14.2. The Kier molecular flexibility index (Phi) is 5.38. The molecule has 174 valence electrons. The summed E-state index contributed by atoms with van der Waals surface area (Å²) in [6, 6.07) is 3.36. The highest BCUT2D eigenvalue weighted by molar-refractivity contribution is 7.89. The van der Waals surface area contributed by atoms with Crippen LogP contribution < -0.4 is 10.5 Å². The summed E-state index contributed by atoms with van der Waals surface area (Å²) in [5.41, 5.74) is 1.18. The lowest BCUT2D eigenvalue weighted by Crippen LogP contribution is -2.30. The molecule has 2 aliphatic rings. The van der Waals surface area contributed by atoms with Gasteiger partial charge in [0.05, 0.1) is 16.7 Å². The molecule has 3 aromatic rings. The minimum absolute atomic E-state index is 0.0557. The molecule has 0 radical (unpaired) electrons. The molecular formula is C21H24FN7O3S. The number of nitrogens with one attached hydrogen (secondary N) is 1. The molecule has 0 unspecified atom stereocenters. The fourth-order valence-corrected chi connectivity index (χ4v) is 4.43. The lowest BCUT2D eigenvalue weighted by atomic mass is 9.78. The van der Waals surface area contributed by atoms with Crippen LogP contribution >= 0.6 is 0 Å². The largest absolute Gasteiger partial charge is 0.370 e. The normalized spacial score (nSPS) is 21.4. The fraction of sp³-hybridized carbons (Fsp3) is 0.429. The van der Waals surface area contributed by atoms with Crippen LogP contribution in [0.1, 0.15) is 49.9 Å². The van der Waals surface area contributed by atoms with E-state index >= 15 is 0 Å². The summed E-state index contributed by atoms with van der Waals surface area (Å²) >= 11 is 0. The third-order valence-electron chi connectivity index (χ3n) is 6.38. The standard InChI is InChI=1S/C21H24FN7O3S/c1-21(4-5-21)29-12-26-28-19(29)11-32-15-6-13(7-15)14-9-24-20(25-10-14)27-18-3-2-16(8-17(18)22)33(23,30)31/h2-3,8-10,12-13,15H,4-7,11H2,1H3,(H2,23,30,31)(H,24,25,27). The van der Waals surface area contributed by atoms with Gasteiger partial charge in [0.1, 0.15) is 18.8 Å². The lowest BCUT2D eigenvalue weighted by molar-refractivity contribution is -0.0251. The first kappa shape index (κ1) is 21.9. The summed E-state index contributed by atoms with van der Waals surface area (Å²) in [4.78, 5) is 8.20. The molecule has 12 heteroatoms. The predicted octanol–water partition coefficient (Wildman–Crippen LogP) is 2.57. The third-order valence-corrected chi connectivity index (χ3v) is 7.29. The van der Waals surface area contributed by atoms with Crippen molar-refractivity contribution in [3.63, 3.8) is 0 Å². The molecule has 0 aliphatic heterocycles. The summed E-state index contributed by atoms with van der Waals surface area (Å²) in [7, 11) is -3.97. The van der Waals surface area contributed by atoms with E-state index < -0.39 is 15.8 Å². The number of anilines is 2. The second kappa shape index (κ2) is 8.12. The monoisotopic (exact) mass is 473 g/mol. The molecule has 1 aromatic carbocycles. The van der Waals surface area contributed by atoms with E-state index in [9.17, 15) is 12.8 Å². The first-order valence-electron chi connectivity index (χ1n) is 10.6. The minimum Gasteiger partial charge on any atom is -0.370 e. The van der Waals surface area contributed by atoms with Gasteiger partial charge in [-0.3, -0.25) is 0 Å². The molecule has 0 bridgehead atoms. The van der Waals surface area contributed by atoms with Gasteiger partial charge in [0, 0.05) is 17.9 Å². The zero-order chi connectivity index (χ0) is 23.2. The molecule has 3 N–H and O–H groups in total. The Balaban J connectivity index is 1.14. The maximum Gasteiger partial charge on any atom is 0.238 e. The van der Waals surface area contributed by atoms with Gasteiger partial charge in [-0.05, 0) is 62.3 Å². The number of primary sulfonamides is 1. The minimum atomic E-state index is -3.97. The number of nitrogens with two attached hydrogens (primary N) is 1. The van der Waals surface area contributed by atoms with E-state index in [1.54, 1.807) is 18.7 Å². The Labute approximate surface area is 190 Å². The zero-order valence-electron chi connectivity index (χ0n) is 18.0. The zero-order valence-corrected chi connectivity index (χ0v) is 18.8. The SMILES string of the molecule is CC1(n2cnnc2COC2CC(c3cnc(Nc4ccc(S(N)(=O)=O)cc4F)nc3)C2)CC1. The molecule has 5 rings (SSSR count). The van der Waals surface area contributed by atoms with Crippen LogP contribution in [0.5, 0.6) is 0 Å². The Morgan fingerprint density at radius 3 is 2.64 bits per heavy atom. The topological polar surface area (TPSA) is 138 Å². The van der Waals surface area contributed by atoms with Gasteiger partial charge in [-0.25, -0.2) is 27.9 Å². The van der Waals surface area contributed by atoms with Crippen LogP contribution in [0.25, 0.3) is 0 Å². The molecular weight excluding hydrogens is 449 g/mol. The highest BCUT2D eigenvalue weighted by Gasteiger charge is 2.41. The average molecular weight is 474 g/mol. The molecule has 0 spiro atoms. The van der Waals surface area contributed by atoms with Crippen molar-refractivity contribution < 1.29 is 17.5 Å². The molecule has 2 fully saturated rings. The highest BCUT2D eigenvalue weighted by atomic mass is 32.2. The van der Waals surface area contributed by atoms with Gasteiger partial charge in [-0.15, -0.1) is 10.2 Å². The van der Waals surface area contributed by atoms with Crippen LogP contribution in [0, 0.1) is 5.82 Å². The Morgan fingerprint density at radius 1 is 1.27 bits per heavy atom. The van der Waals surface area contributed by atoms with Gasteiger partial charge in [-0.1, -0.05) is 0 Å². The summed E-state index contributed by atoms with van der Waals surface area (Å²) in [5.74, 6) is 0.607. The third kappa shape index (κ3) is 4.59. The van der Waals surface area contributed by atoms with E-state index in [0.717, 1.165) is 43.1 Å². The first-order valence-corrected chi connectivity index (χ1v) is 12.2. The number of sulfonamides is 1. The number of aromatic nitrogens is 5. The lowest BCUT2D eigenvalue weighted by Gasteiger charge is -2.35. The van der Waals surface area contributed by atoms with Crippen LogP contribution in [-0.4, -0.2) is 39.3 Å². The van der Waals surface area contributed by atoms with Crippen molar-refractivity contribution in [1.82, 2.24) is 24.7 Å². The van der Waals surface area contributed by atoms with Crippen LogP contribution in [0.2, 0.25) is 0 Å². The van der Waals surface area contributed by atoms with Crippen LogP contribution in [0.3, 0.4) is 0 Å². The molecule has 2 heterocycles. The van der Waals surface area contributed by atoms with Crippen molar-refractivity contribution in [1.29, 1.82) is 0 Å². The molecule has 10 nitrogen and oxygen atoms in total. The smallest absolute Gasteiger partial charge is 0.238 e. The van der Waals surface area contributed by atoms with E-state index in [2.05, 4.69) is 37.0 Å². The molecule has 0 amide bonds. The summed E-state index contributed by atoms with van der Waals surface area (Å²) in [6.07, 6.45) is 9.36. The molecule has 0 atom stereocenters. The molecule has 2 saturated carbocycles. The Bertz CT molecular complexity index is 1270. The number of hydrogen-bond donors (Lipinski definition) is 2. The highest BCUT2D eigenvalue weighted by Crippen LogP contribution is 2.43. The number of hydrogen-bond acceptors (Lipinski definition) is 8. The van der Waals surface area contributed by atoms with Crippen molar-refractivity contribution in [2.75, 3.05) is 5.32 Å². The van der Waals surface area contributed by atoms with Crippen molar-refractivity contribution in [2.45, 2.75) is 61.7 Å². The number of rotatable bonds is 8. The fourth-order valence-electron chi connectivity index (χ4n) is 3.90. The summed E-state index contributed by atoms with van der Waals surface area (Å²) in [5, 5.41) is 16.0. The van der Waals surface area contributed by atoms with E-state index in [4.69, 9.17) is 9.88 Å². The van der Waals surface area contributed by atoms with Gasteiger partial charge in [0.2, 0.25) is 16.0 Å². The van der Waals surface area contributed by atoms with Crippen molar-refractivity contribution in [3.05, 3.63) is 54.1 Å². The van der Waals surface area contributed by atoms with Gasteiger partial charge < -0.3 is 14.6 Å². The second-order valence-electron chi connectivity index (χ2n) is 8.87. The quantitative estimate of drug-likeness (QED) is 0.509. The second-order valence-corrected chi connectivity index (χ2v) is 10.4. The van der Waals surface area contributed by atoms with Crippen molar-refractivity contribution >= 4 is 21.7 Å². The number of benzene rings is 1. The summed E-state index contributed by atoms with van der Waals surface area (Å²) in [6.45, 7) is 2.65. The van der Waals surface area contributed by atoms with Gasteiger partial charge in [0.15, 0.2) is 5.82 Å². The van der Waals surface area contributed by atoms with Gasteiger partial charge in [0.25, 0.3) is 0 Å². The predicted molar refractivity (Wildman–Crippen MR) is 117 cm³/mol. The first-order chi connectivity index (χ1) is 15.7. The van der Waals surface area contributed by atoms with E-state index in [0.29, 0.717) is 12.5 Å².